The van der Waals surface area contributed by atoms with Crippen LogP contribution in [0.15, 0.2) is 18.6 Å². The van der Waals surface area contributed by atoms with Gasteiger partial charge in [-0.15, -0.1) is 5.10 Å². The molecule has 0 spiro atoms. The van der Waals surface area contributed by atoms with Crippen molar-refractivity contribution in [3.8, 4) is 5.69 Å². The predicted molar refractivity (Wildman–Crippen MR) is 53.4 cm³/mol. The number of hydrogen-bond acceptors (Lipinski definition) is 5. The van der Waals surface area contributed by atoms with Crippen molar-refractivity contribution < 1.29 is 9.90 Å². The molecule has 0 radical (unpaired) electrons. The fourth-order valence-electron chi connectivity index (χ4n) is 1.74. The monoisotopic (exact) mass is 217 g/mol. The van der Waals surface area contributed by atoms with Crippen LogP contribution >= 0.6 is 0 Å². The Morgan fingerprint density at radius 1 is 1.56 bits per heavy atom. The lowest BCUT2D eigenvalue weighted by Crippen LogP contribution is -2.18. The zero-order valence-corrected chi connectivity index (χ0v) is 8.08. The summed E-state index contributed by atoms with van der Waals surface area (Å²) in [4.78, 5) is 14.8. The highest BCUT2D eigenvalue weighted by atomic mass is 16.4. The van der Waals surface area contributed by atoms with Crippen LogP contribution in [0.1, 0.15) is 16.2 Å². The summed E-state index contributed by atoms with van der Waals surface area (Å²) < 4.78 is 1.71. The lowest BCUT2D eigenvalue weighted by molar-refractivity contribution is 0.0690. The van der Waals surface area contributed by atoms with Crippen molar-refractivity contribution in [2.75, 3.05) is 5.32 Å². The fraction of sp³-hybridized carbons (Fsp3) is 0.111. The minimum Gasteiger partial charge on any atom is -0.476 e. The summed E-state index contributed by atoms with van der Waals surface area (Å²) in [6.45, 7) is 0.382. The van der Waals surface area contributed by atoms with Gasteiger partial charge in [0.2, 0.25) is 0 Å². The Morgan fingerprint density at radius 2 is 2.44 bits per heavy atom. The number of aromatic nitrogens is 4. The van der Waals surface area contributed by atoms with Crippen molar-refractivity contribution in [3.63, 3.8) is 0 Å². The summed E-state index contributed by atoms with van der Waals surface area (Å²) in [5.74, 6) is -0.398. The zero-order chi connectivity index (χ0) is 11.1. The van der Waals surface area contributed by atoms with E-state index in [-0.39, 0.29) is 5.69 Å². The average molecular weight is 217 g/mol. The van der Waals surface area contributed by atoms with E-state index in [1.165, 1.54) is 6.33 Å². The maximum absolute atomic E-state index is 10.9. The Bertz CT molecular complexity index is 577. The van der Waals surface area contributed by atoms with E-state index in [1.807, 2.05) is 0 Å². The van der Waals surface area contributed by atoms with Gasteiger partial charge in [0.05, 0.1) is 24.1 Å². The largest absolute Gasteiger partial charge is 0.476 e. The fourth-order valence-corrected chi connectivity index (χ4v) is 1.74. The quantitative estimate of drug-likeness (QED) is 0.713. The van der Waals surface area contributed by atoms with Gasteiger partial charge in [-0.1, -0.05) is 0 Å². The third-order valence-electron chi connectivity index (χ3n) is 2.45. The molecule has 0 aliphatic carbocycles. The second kappa shape index (κ2) is 3.02. The van der Waals surface area contributed by atoms with Crippen molar-refractivity contribution in [1.29, 1.82) is 0 Å². The number of anilines is 1. The highest BCUT2D eigenvalue weighted by Gasteiger charge is 2.23. The number of hydrogen-bond donors (Lipinski definition) is 2. The Morgan fingerprint density at radius 3 is 3.25 bits per heavy atom. The molecule has 2 N–H and O–H groups in total. The molecule has 0 aromatic carbocycles. The van der Waals surface area contributed by atoms with Gasteiger partial charge in [0.1, 0.15) is 6.33 Å². The van der Waals surface area contributed by atoms with E-state index in [2.05, 4.69) is 20.5 Å². The predicted octanol–water partition coefficient (Wildman–Crippen LogP) is 0.286. The van der Waals surface area contributed by atoms with E-state index in [4.69, 9.17) is 5.11 Å². The molecule has 0 amide bonds. The summed E-state index contributed by atoms with van der Waals surface area (Å²) in [5.41, 5.74) is 1.44. The third kappa shape index (κ3) is 1.08. The Kier molecular flexibility index (Phi) is 1.67. The summed E-state index contributed by atoms with van der Waals surface area (Å²) in [6, 6.07) is 1.76. The minimum atomic E-state index is -1.03. The molecular weight excluding hydrogens is 210 g/mol. The van der Waals surface area contributed by atoms with Crippen molar-refractivity contribution >= 4 is 11.8 Å². The second-order valence-corrected chi connectivity index (χ2v) is 3.33. The minimum absolute atomic E-state index is 0.0648. The summed E-state index contributed by atoms with van der Waals surface area (Å²) in [7, 11) is 0. The molecule has 0 bridgehead atoms. The number of fused-ring (bicyclic) bond motifs is 3. The number of imidazole rings is 1. The van der Waals surface area contributed by atoms with Crippen LogP contribution in [-0.2, 0) is 6.54 Å². The molecule has 16 heavy (non-hydrogen) atoms. The maximum Gasteiger partial charge on any atom is 0.356 e. The highest BCUT2D eigenvalue weighted by Crippen LogP contribution is 2.25. The van der Waals surface area contributed by atoms with Crippen LogP contribution in [0, 0.1) is 0 Å². The first kappa shape index (κ1) is 8.84. The molecule has 2 aromatic heterocycles. The summed E-state index contributed by atoms with van der Waals surface area (Å²) in [6.07, 6.45) is 3.04. The first-order valence-corrected chi connectivity index (χ1v) is 4.63. The van der Waals surface area contributed by atoms with Gasteiger partial charge in [0.25, 0.3) is 0 Å². The first-order chi connectivity index (χ1) is 7.77. The highest BCUT2D eigenvalue weighted by molar-refractivity contribution is 5.87. The van der Waals surface area contributed by atoms with Gasteiger partial charge in [-0.25, -0.2) is 9.78 Å². The topological polar surface area (TPSA) is 92.9 Å². The van der Waals surface area contributed by atoms with Crippen LogP contribution in [0.5, 0.6) is 0 Å². The van der Waals surface area contributed by atoms with E-state index < -0.39 is 5.97 Å². The molecule has 0 unspecified atom stereocenters. The van der Waals surface area contributed by atoms with Gasteiger partial charge in [-0.2, -0.15) is 5.10 Å². The molecule has 3 heterocycles. The molecule has 2 aromatic rings. The van der Waals surface area contributed by atoms with E-state index in [0.717, 1.165) is 5.69 Å². The molecule has 0 saturated heterocycles. The Hall–Kier alpha value is -2.44. The zero-order valence-electron chi connectivity index (χ0n) is 8.08. The van der Waals surface area contributed by atoms with Crippen molar-refractivity contribution in [2.45, 2.75) is 6.54 Å². The van der Waals surface area contributed by atoms with Gasteiger partial charge in [-0.3, -0.25) is 4.57 Å². The lowest BCUT2D eigenvalue weighted by Gasteiger charge is -2.18. The first-order valence-electron chi connectivity index (χ1n) is 4.63. The number of carboxylic acid groups (broad SMARTS) is 1. The summed E-state index contributed by atoms with van der Waals surface area (Å²) >= 11 is 0. The number of carbonyl (C=O) groups is 1. The van der Waals surface area contributed by atoms with Gasteiger partial charge in [0, 0.05) is 0 Å². The molecular formula is C9H7N5O2. The summed E-state index contributed by atoms with van der Waals surface area (Å²) in [5, 5.41) is 19.6. The van der Waals surface area contributed by atoms with Crippen molar-refractivity contribution in [3.05, 3.63) is 30.0 Å². The lowest BCUT2D eigenvalue weighted by atomic mass is 10.2. The number of nitrogens with zero attached hydrogens (tertiary/aromatic N) is 4. The maximum atomic E-state index is 10.9. The molecule has 0 atom stereocenters. The van der Waals surface area contributed by atoms with E-state index >= 15 is 0 Å². The normalized spacial score (nSPS) is 12.5. The standard InChI is InChI=1S/C9H7N5O2/c15-9(16)7-6-3-10-8-5(1-2-12-13-8)14(6)4-11-7/h1-2,4H,3H2,(H,10,13)(H,15,16). The van der Waals surface area contributed by atoms with Crippen LogP contribution in [-0.4, -0.2) is 30.8 Å². The molecule has 0 fully saturated rings. The number of carboxylic acids is 1. The molecule has 3 rings (SSSR count). The van der Waals surface area contributed by atoms with E-state index in [9.17, 15) is 4.79 Å². The third-order valence-corrected chi connectivity index (χ3v) is 2.45. The Balaban J connectivity index is 2.23. The molecule has 1 aliphatic heterocycles. The van der Waals surface area contributed by atoms with Gasteiger partial charge in [0.15, 0.2) is 11.5 Å². The van der Waals surface area contributed by atoms with Crippen LogP contribution < -0.4 is 5.32 Å². The van der Waals surface area contributed by atoms with E-state index in [1.54, 1.807) is 16.8 Å². The molecule has 0 saturated carbocycles. The number of aromatic carboxylic acids is 1. The average Bonchev–Trinajstić information content (AvgIpc) is 2.73. The number of rotatable bonds is 1. The van der Waals surface area contributed by atoms with Crippen molar-refractivity contribution in [1.82, 2.24) is 19.7 Å². The molecule has 7 nitrogen and oxygen atoms in total. The Labute approximate surface area is 89.8 Å². The van der Waals surface area contributed by atoms with E-state index in [0.29, 0.717) is 18.1 Å². The SMILES string of the molecule is O=C(O)c1ncn2c1CNc1nnccc1-2. The molecule has 1 aliphatic rings. The van der Waals surface area contributed by atoms with Crippen LogP contribution in [0.3, 0.4) is 0 Å². The second-order valence-electron chi connectivity index (χ2n) is 3.33. The van der Waals surface area contributed by atoms with Crippen LogP contribution in [0.4, 0.5) is 5.82 Å². The molecule has 80 valence electrons. The number of nitrogens with one attached hydrogen (secondary N) is 1. The van der Waals surface area contributed by atoms with Crippen molar-refractivity contribution in [2.24, 2.45) is 0 Å². The van der Waals surface area contributed by atoms with Crippen LogP contribution in [0.25, 0.3) is 5.69 Å². The van der Waals surface area contributed by atoms with Crippen LogP contribution in [0.2, 0.25) is 0 Å². The smallest absolute Gasteiger partial charge is 0.356 e. The molecule has 7 heteroatoms. The van der Waals surface area contributed by atoms with Gasteiger partial charge < -0.3 is 10.4 Å². The van der Waals surface area contributed by atoms with Gasteiger partial charge in [-0.05, 0) is 6.07 Å². The van der Waals surface area contributed by atoms with Gasteiger partial charge >= 0.3 is 5.97 Å².